The van der Waals surface area contributed by atoms with Gasteiger partial charge in [0.1, 0.15) is 0 Å². The molecule has 0 aromatic rings. The number of hydrogen-bond donors (Lipinski definition) is 0. The van der Waals surface area contributed by atoms with E-state index in [2.05, 4.69) is 20.4 Å². The zero-order valence-electron chi connectivity index (χ0n) is 6.32. The summed E-state index contributed by atoms with van der Waals surface area (Å²) in [7, 11) is 4.41. The second kappa shape index (κ2) is 4.83. The van der Waals surface area contributed by atoms with Crippen molar-refractivity contribution in [3.63, 3.8) is 0 Å². The van der Waals surface area contributed by atoms with Gasteiger partial charge in [0.2, 0.25) is 0 Å². The quantitative estimate of drug-likeness (QED) is 0.419. The molecule has 0 aromatic carbocycles. The Hall–Kier alpha value is 1.74. The summed E-state index contributed by atoms with van der Waals surface area (Å²) >= 11 is 2.02. The van der Waals surface area contributed by atoms with E-state index < -0.39 is 0 Å². The van der Waals surface area contributed by atoms with E-state index in [1.54, 1.807) is 0 Å². The Balaban J connectivity index is 1.35. The third-order valence-electron chi connectivity index (χ3n) is 1.84. The third-order valence-corrected chi connectivity index (χ3v) is 10.1. The van der Waals surface area contributed by atoms with Crippen LogP contribution < -0.4 is 0 Å². The summed E-state index contributed by atoms with van der Waals surface area (Å²) in [5, 5.41) is 0. The van der Waals surface area contributed by atoms with Crippen molar-refractivity contribution in [1.29, 1.82) is 0 Å². The van der Waals surface area contributed by atoms with Crippen molar-refractivity contribution in [3.05, 3.63) is 0 Å². The molecular weight excluding hydrogens is 306 g/mol. The molecule has 2 rings (SSSR count). The van der Waals surface area contributed by atoms with Gasteiger partial charge in [0, 0.05) is 0 Å². The topological polar surface area (TPSA) is 0 Å². The van der Waals surface area contributed by atoms with Crippen LogP contribution in [0, 0.1) is 0 Å². The first-order valence-corrected chi connectivity index (χ1v) is 11.9. The molecule has 4 heteroatoms. The van der Waals surface area contributed by atoms with Crippen LogP contribution in [-0.4, -0.2) is 36.0 Å². The van der Waals surface area contributed by atoms with Gasteiger partial charge in [0.25, 0.3) is 0 Å². The maximum absolute atomic E-state index is 2.21. The van der Waals surface area contributed by atoms with Crippen LogP contribution in [0.3, 0.4) is 0 Å². The van der Waals surface area contributed by atoms with Gasteiger partial charge in [-0.2, -0.15) is 0 Å². The van der Waals surface area contributed by atoms with Crippen molar-refractivity contribution in [2.75, 3.05) is 0 Å². The summed E-state index contributed by atoms with van der Waals surface area (Å²) in [6.07, 6.45) is 7.62. The van der Waals surface area contributed by atoms with Crippen molar-refractivity contribution in [1.82, 2.24) is 0 Å². The normalized spacial score (nSPS) is 33.8. The van der Waals surface area contributed by atoms with Crippen LogP contribution in [0.15, 0.2) is 0 Å². The third kappa shape index (κ3) is 4.49. The van der Waals surface area contributed by atoms with Crippen molar-refractivity contribution >= 4 is 48.0 Å². The molecule has 0 bridgehead atoms. The molecule has 0 spiro atoms. The van der Waals surface area contributed by atoms with Gasteiger partial charge in [0.05, 0.1) is 0 Å². The number of hydrogen-bond acceptors (Lipinski definition) is 2. The van der Waals surface area contributed by atoms with E-state index in [0.29, 0.717) is 0 Å². The first-order chi connectivity index (χ1) is 5.45. The molecule has 0 nitrogen and oxygen atoms in total. The Kier molecular flexibility index (Phi) is 4.08. The van der Waals surface area contributed by atoms with Gasteiger partial charge in [-0.15, -0.1) is 0 Å². The van der Waals surface area contributed by atoms with Gasteiger partial charge < -0.3 is 0 Å². The molecule has 0 amide bonds. The molecule has 2 saturated heterocycles. The van der Waals surface area contributed by atoms with Crippen molar-refractivity contribution in [2.24, 2.45) is 0 Å². The van der Waals surface area contributed by atoms with Crippen LogP contribution in [0.4, 0.5) is 0 Å². The van der Waals surface area contributed by atoms with Crippen LogP contribution in [0.25, 0.3) is 0 Å². The Morgan fingerprint density at radius 1 is 0.818 bits per heavy atom. The van der Waals surface area contributed by atoms with E-state index in [0.717, 1.165) is 36.0 Å². The fourth-order valence-electron chi connectivity index (χ4n) is 1.07. The molecule has 64 valence electrons. The zero-order chi connectivity index (χ0) is 7.52. The summed E-state index contributed by atoms with van der Waals surface area (Å²) in [6.45, 7) is 0. The predicted octanol–water partition coefficient (Wildman–Crippen LogP) is 2.32. The van der Waals surface area contributed by atoms with Gasteiger partial charge in [-0.05, 0) is 0 Å². The van der Waals surface area contributed by atoms with Crippen molar-refractivity contribution in [3.8, 4) is 0 Å². The number of unbranched alkanes of at least 4 members (excludes halogenated alkanes) is 2. The SMILES string of the molecule is C(CCC1S[Se]1)CCC1S[Se]1. The van der Waals surface area contributed by atoms with E-state index in [4.69, 9.17) is 0 Å². The molecular formula is C7H12S2Se2. The molecule has 2 unspecified atom stereocenters. The second-order valence-electron chi connectivity index (χ2n) is 2.88. The van der Waals surface area contributed by atoms with Gasteiger partial charge in [-0.25, -0.2) is 0 Å². The first-order valence-electron chi connectivity index (χ1n) is 4.09. The minimum atomic E-state index is 1.01. The fourth-order valence-corrected chi connectivity index (χ4v) is 6.06. The van der Waals surface area contributed by atoms with Gasteiger partial charge in [0.15, 0.2) is 0 Å². The first kappa shape index (κ1) is 9.30. The second-order valence-corrected chi connectivity index (χ2v) is 13.4. The zero-order valence-corrected chi connectivity index (χ0v) is 11.4. The summed E-state index contributed by atoms with van der Waals surface area (Å²) in [5.41, 5.74) is 0. The minimum absolute atomic E-state index is 1.01. The van der Waals surface area contributed by atoms with Crippen LogP contribution in [0.5, 0.6) is 0 Å². The van der Waals surface area contributed by atoms with Crippen molar-refractivity contribution < 1.29 is 0 Å². The van der Waals surface area contributed by atoms with Gasteiger partial charge in [-0.3, -0.25) is 0 Å². The molecule has 2 fully saturated rings. The van der Waals surface area contributed by atoms with Crippen LogP contribution in [0.2, 0.25) is 0 Å². The number of rotatable bonds is 6. The molecule has 2 aliphatic rings. The maximum atomic E-state index is 2.21. The molecule has 0 aromatic heterocycles. The molecule has 11 heavy (non-hydrogen) atoms. The average Bonchev–Trinajstić information content (AvgIpc) is 2.83. The summed E-state index contributed by atoms with van der Waals surface area (Å²) in [6, 6.07) is 0. The van der Waals surface area contributed by atoms with Crippen LogP contribution >= 0.6 is 20.4 Å². The summed E-state index contributed by atoms with van der Waals surface area (Å²) in [5.74, 6) is 0. The van der Waals surface area contributed by atoms with E-state index in [-0.39, 0.29) is 0 Å². The monoisotopic (exact) mass is 320 g/mol. The van der Waals surface area contributed by atoms with Gasteiger partial charge in [-0.1, -0.05) is 0 Å². The molecule has 2 atom stereocenters. The molecule has 0 radical (unpaired) electrons. The fraction of sp³-hybridized carbons (Fsp3) is 1.00. The Morgan fingerprint density at radius 3 is 1.64 bits per heavy atom. The average molecular weight is 318 g/mol. The molecule has 0 saturated carbocycles. The van der Waals surface area contributed by atoms with Crippen molar-refractivity contribution in [2.45, 2.75) is 40.4 Å². The molecule has 0 N–H and O–H groups in total. The van der Waals surface area contributed by atoms with E-state index in [9.17, 15) is 0 Å². The summed E-state index contributed by atoms with van der Waals surface area (Å²) in [4.78, 5) is 0. The predicted molar refractivity (Wildman–Crippen MR) is 57.4 cm³/mol. The van der Waals surface area contributed by atoms with Crippen LogP contribution in [-0.2, 0) is 0 Å². The summed E-state index contributed by atoms with van der Waals surface area (Å²) < 4.78 is 2.28. The van der Waals surface area contributed by atoms with E-state index in [1.807, 2.05) is 0 Å². The Bertz CT molecular complexity index is 110. The van der Waals surface area contributed by atoms with E-state index in [1.165, 1.54) is 32.1 Å². The molecule has 0 aliphatic carbocycles. The van der Waals surface area contributed by atoms with Crippen LogP contribution in [0.1, 0.15) is 32.1 Å². The molecule has 2 heterocycles. The molecule has 2 aliphatic heterocycles. The Morgan fingerprint density at radius 2 is 1.27 bits per heavy atom. The standard InChI is InChI=1S/C7H12S2Se2/c1(2-4-6-8-10-6)3-5-7-9-11-7/h6-7H,1-5H2. The Labute approximate surface area is 87.9 Å². The van der Waals surface area contributed by atoms with E-state index >= 15 is 0 Å². The van der Waals surface area contributed by atoms with Gasteiger partial charge >= 0.3 is 88.4 Å².